The van der Waals surface area contributed by atoms with Gasteiger partial charge in [-0.2, -0.15) is 0 Å². The van der Waals surface area contributed by atoms with Crippen molar-refractivity contribution in [3.8, 4) is 0 Å². The predicted molar refractivity (Wildman–Crippen MR) is 52.7 cm³/mol. The molecule has 0 aliphatic rings. The lowest BCUT2D eigenvalue weighted by Gasteiger charge is -2.10. The molecule has 1 N–H and O–H groups in total. The Morgan fingerprint density at radius 3 is 2.43 bits per heavy atom. The van der Waals surface area contributed by atoms with Gasteiger partial charge in [-0.3, -0.25) is 4.79 Å². The Kier molecular flexibility index (Phi) is 3.66. The van der Waals surface area contributed by atoms with Gasteiger partial charge >= 0.3 is 5.97 Å². The molecule has 1 unspecified atom stereocenters. The standard InChI is InChI=1S/C8H8Cl2N2O2/c1-4(2-5(13)14)6-7(9)11-3-12-8(6)10/h3-4H,2H2,1H3,(H,13,14). The molecular weight excluding hydrogens is 227 g/mol. The van der Waals surface area contributed by atoms with Crippen molar-refractivity contribution in [2.45, 2.75) is 19.3 Å². The van der Waals surface area contributed by atoms with E-state index in [9.17, 15) is 4.79 Å². The van der Waals surface area contributed by atoms with Crippen LogP contribution in [0.2, 0.25) is 10.3 Å². The van der Waals surface area contributed by atoms with Gasteiger partial charge in [0.25, 0.3) is 0 Å². The van der Waals surface area contributed by atoms with Gasteiger partial charge in [-0.25, -0.2) is 9.97 Å². The van der Waals surface area contributed by atoms with Gasteiger partial charge in [-0.1, -0.05) is 30.1 Å². The van der Waals surface area contributed by atoms with Gasteiger partial charge in [0.1, 0.15) is 16.6 Å². The Hall–Kier alpha value is -0.870. The van der Waals surface area contributed by atoms with Crippen LogP contribution in [0, 0.1) is 0 Å². The molecule has 1 aromatic rings. The molecule has 0 aliphatic heterocycles. The van der Waals surface area contributed by atoms with Gasteiger partial charge in [-0.15, -0.1) is 0 Å². The van der Waals surface area contributed by atoms with Crippen molar-refractivity contribution in [2.75, 3.05) is 0 Å². The maximum Gasteiger partial charge on any atom is 0.303 e. The van der Waals surface area contributed by atoms with Crippen LogP contribution in [0.15, 0.2) is 6.33 Å². The minimum atomic E-state index is -0.909. The second-order valence-electron chi connectivity index (χ2n) is 2.87. The first-order chi connectivity index (χ1) is 6.52. The van der Waals surface area contributed by atoms with Gasteiger partial charge in [0.15, 0.2) is 0 Å². The number of hydrogen-bond acceptors (Lipinski definition) is 3. The first kappa shape index (κ1) is 11.2. The molecule has 1 aromatic heterocycles. The normalized spacial score (nSPS) is 12.5. The zero-order chi connectivity index (χ0) is 10.7. The molecule has 1 rings (SSSR count). The number of carbonyl (C=O) groups is 1. The van der Waals surface area contributed by atoms with Crippen molar-refractivity contribution in [1.82, 2.24) is 9.97 Å². The lowest BCUT2D eigenvalue weighted by molar-refractivity contribution is -0.137. The summed E-state index contributed by atoms with van der Waals surface area (Å²) in [7, 11) is 0. The van der Waals surface area contributed by atoms with Crippen molar-refractivity contribution < 1.29 is 9.90 Å². The van der Waals surface area contributed by atoms with Crippen molar-refractivity contribution in [1.29, 1.82) is 0 Å². The zero-order valence-electron chi connectivity index (χ0n) is 7.37. The van der Waals surface area contributed by atoms with Gasteiger partial charge in [0, 0.05) is 5.56 Å². The smallest absolute Gasteiger partial charge is 0.303 e. The quantitative estimate of drug-likeness (QED) is 0.816. The molecule has 4 nitrogen and oxygen atoms in total. The molecule has 0 aliphatic carbocycles. The molecule has 76 valence electrons. The highest BCUT2D eigenvalue weighted by Gasteiger charge is 2.18. The van der Waals surface area contributed by atoms with Crippen LogP contribution in [-0.2, 0) is 4.79 Å². The molecular formula is C8H8Cl2N2O2. The van der Waals surface area contributed by atoms with E-state index in [-0.39, 0.29) is 22.6 Å². The molecule has 0 bridgehead atoms. The number of aromatic nitrogens is 2. The Bertz CT molecular complexity index is 337. The number of halogens is 2. The fourth-order valence-corrected chi connectivity index (χ4v) is 1.81. The molecule has 0 amide bonds. The molecule has 0 aromatic carbocycles. The number of hydrogen-bond donors (Lipinski definition) is 1. The van der Waals surface area contributed by atoms with Crippen LogP contribution in [-0.4, -0.2) is 21.0 Å². The molecule has 1 heterocycles. The van der Waals surface area contributed by atoms with Crippen LogP contribution >= 0.6 is 23.2 Å². The van der Waals surface area contributed by atoms with E-state index in [4.69, 9.17) is 28.3 Å². The molecule has 1 atom stereocenters. The summed E-state index contributed by atoms with van der Waals surface area (Å²) in [6.07, 6.45) is 1.19. The molecule has 0 fully saturated rings. The van der Waals surface area contributed by atoms with Crippen LogP contribution in [0.3, 0.4) is 0 Å². The second-order valence-corrected chi connectivity index (χ2v) is 3.58. The summed E-state index contributed by atoms with van der Waals surface area (Å²) >= 11 is 11.6. The van der Waals surface area contributed by atoms with Crippen LogP contribution in [0.4, 0.5) is 0 Å². The fraction of sp³-hybridized carbons (Fsp3) is 0.375. The lowest BCUT2D eigenvalue weighted by Crippen LogP contribution is -2.05. The third-order valence-electron chi connectivity index (χ3n) is 1.76. The van der Waals surface area contributed by atoms with Gasteiger partial charge in [0.2, 0.25) is 0 Å². The minimum Gasteiger partial charge on any atom is -0.481 e. The van der Waals surface area contributed by atoms with E-state index in [0.717, 1.165) is 0 Å². The minimum absolute atomic E-state index is 0.0488. The lowest BCUT2D eigenvalue weighted by atomic mass is 10.0. The van der Waals surface area contributed by atoms with E-state index in [1.807, 2.05) is 0 Å². The maximum absolute atomic E-state index is 10.5. The van der Waals surface area contributed by atoms with Crippen molar-refractivity contribution in [2.24, 2.45) is 0 Å². The highest BCUT2D eigenvalue weighted by Crippen LogP contribution is 2.29. The van der Waals surface area contributed by atoms with E-state index < -0.39 is 5.97 Å². The Labute approximate surface area is 90.9 Å². The largest absolute Gasteiger partial charge is 0.481 e. The molecule has 0 spiro atoms. The first-order valence-corrected chi connectivity index (χ1v) is 4.65. The molecule has 0 radical (unpaired) electrons. The maximum atomic E-state index is 10.5. The average Bonchev–Trinajstić information content (AvgIpc) is 2.01. The summed E-state index contributed by atoms with van der Waals surface area (Å²) in [5.74, 6) is -1.21. The second kappa shape index (κ2) is 4.57. The van der Waals surface area contributed by atoms with E-state index >= 15 is 0 Å². The highest BCUT2D eigenvalue weighted by atomic mass is 35.5. The van der Waals surface area contributed by atoms with Crippen molar-refractivity contribution in [3.05, 3.63) is 22.2 Å². The summed E-state index contributed by atoms with van der Waals surface area (Å²) in [5, 5.41) is 9.01. The zero-order valence-corrected chi connectivity index (χ0v) is 8.88. The third kappa shape index (κ3) is 2.56. The SMILES string of the molecule is CC(CC(=O)O)c1c(Cl)ncnc1Cl. The van der Waals surface area contributed by atoms with Crippen LogP contribution in [0.5, 0.6) is 0 Å². The van der Waals surface area contributed by atoms with E-state index in [1.165, 1.54) is 6.33 Å². The summed E-state index contributed by atoms with van der Waals surface area (Å²) in [6.45, 7) is 1.71. The topological polar surface area (TPSA) is 63.1 Å². The number of rotatable bonds is 3. The van der Waals surface area contributed by atoms with E-state index in [2.05, 4.69) is 9.97 Å². The van der Waals surface area contributed by atoms with Gasteiger partial charge in [0.05, 0.1) is 6.42 Å². The Balaban J connectivity index is 2.99. The van der Waals surface area contributed by atoms with E-state index in [0.29, 0.717) is 5.56 Å². The summed E-state index contributed by atoms with van der Waals surface area (Å²) < 4.78 is 0. The highest BCUT2D eigenvalue weighted by molar-refractivity contribution is 6.34. The monoisotopic (exact) mass is 234 g/mol. The molecule has 14 heavy (non-hydrogen) atoms. The van der Waals surface area contributed by atoms with Crippen LogP contribution < -0.4 is 0 Å². The average molecular weight is 235 g/mol. The molecule has 0 saturated carbocycles. The summed E-state index contributed by atoms with van der Waals surface area (Å²) in [4.78, 5) is 18.0. The first-order valence-electron chi connectivity index (χ1n) is 3.90. The Morgan fingerprint density at radius 1 is 1.50 bits per heavy atom. The van der Waals surface area contributed by atoms with E-state index in [1.54, 1.807) is 6.92 Å². The summed E-state index contributed by atoms with van der Waals surface area (Å²) in [5.41, 5.74) is 0.484. The predicted octanol–water partition coefficient (Wildman–Crippen LogP) is 2.36. The molecule has 0 saturated heterocycles. The number of carboxylic acids is 1. The number of aliphatic carboxylic acids is 1. The van der Waals surface area contributed by atoms with Crippen LogP contribution in [0.1, 0.15) is 24.8 Å². The van der Waals surface area contributed by atoms with Gasteiger partial charge in [-0.05, 0) is 5.92 Å². The number of nitrogens with zero attached hydrogens (tertiary/aromatic N) is 2. The van der Waals surface area contributed by atoms with Crippen LogP contribution in [0.25, 0.3) is 0 Å². The third-order valence-corrected chi connectivity index (χ3v) is 2.36. The summed E-state index contributed by atoms with van der Waals surface area (Å²) in [6, 6.07) is 0. The molecule has 6 heteroatoms. The van der Waals surface area contributed by atoms with Gasteiger partial charge < -0.3 is 5.11 Å². The fourth-order valence-electron chi connectivity index (χ4n) is 1.13. The number of carboxylic acid groups (broad SMARTS) is 1. The Morgan fingerprint density at radius 2 is 2.00 bits per heavy atom. The van der Waals surface area contributed by atoms with Crippen molar-refractivity contribution in [3.63, 3.8) is 0 Å². The van der Waals surface area contributed by atoms with Crippen molar-refractivity contribution >= 4 is 29.2 Å².